The van der Waals surface area contributed by atoms with E-state index in [1.807, 2.05) is 13.0 Å². The molecule has 22 heavy (non-hydrogen) atoms. The summed E-state index contributed by atoms with van der Waals surface area (Å²) < 4.78 is 0. The summed E-state index contributed by atoms with van der Waals surface area (Å²) in [6.07, 6.45) is 3.79. The van der Waals surface area contributed by atoms with Gasteiger partial charge in [0.2, 0.25) is 0 Å². The molecule has 0 aliphatic carbocycles. The van der Waals surface area contributed by atoms with Crippen LogP contribution in [0, 0.1) is 6.92 Å². The Morgan fingerprint density at radius 2 is 2.23 bits per heavy atom. The topological polar surface area (TPSA) is 55.8 Å². The number of urea groups is 1. The summed E-state index contributed by atoms with van der Waals surface area (Å²) in [5, 5.41) is 11.8. The third-order valence-corrected chi connectivity index (χ3v) is 4.37. The van der Waals surface area contributed by atoms with E-state index in [2.05, 4.69) is 29.3 Å². The van der Waals surface area contributed by atoms with Crippen LogP contribution in [0.5, 0.6) is 0 Å². The molecule has 5 heteroatoms. The van der Waals surface area contributed by atoms with E-state index in [1.54, 1.807) is 7.05 Å². The van der Waals surface area contributed by atoms with Gasteiger partial charge in [0.1, 0.15) is 0 Å². The fourth-order valence-electron chi connectivity index (χ4n) is 2.91. The Balaban J connectivity index is 2.07. The smallest absolute Gasteiger partial charge is 0.321 e. The molecule has 0 radical (unpaired) electrons. The molecule has 0 saturated carbocycles. The first-order valence-corrected chi connectivity index (χ1v) is 8.03. The van der Waals surface area contributed by atoms with Crippen molar-refractivity contribution in [3.63, 3.8) is 0 Å². The van der Waals surface area contributed by atoms with Gasteiger partial charge in [0.25, 0.3) is 0 Å². The van der Waals surface area contributed by atoms with Crippen LogP contribution >= 0.6 is 0 Å². The normalized spacial score (nSPS) is 18.2. The molecule has 1 fully saturated rings. The summed E-state index contributed by atoms with van der Waals surface area (Å²) in [5.74, 6) is 0. The van der Waals surface area contributed by atoms with Gasteiger partial charge in [-0.15, -0.1) is 0 Å². The lowest BCUT2D eigenvalue weighted by Gasteiger charge is -2.35. The summed E-state index contributed by atoms with van der Waals surface area (Å²) in [7, 11) is 1.67. The molecule has 1 atom stereocenters. The highest BCUT2D eigenvalue weighted by Gasteiger charge is 2.19. The second kappa shape index (κ2) is 7.49. The van der Waals surface area contributed by atoms with Gasteiger partial charge < -0.3 is 20.2 Å². The number of likely N-dealkylation sites (N-methyl/N-ethyl adjacent to an activating group) is 1. The van der Waals surface area contributed by atoms with Crippen LogP contribution in [0.1, 0.15) is 31.7 Å². The van der Waals surface area contributed by atoms with Crippen LogP contribution in [0.4, 0.5) is 16.2 Å². The second-order valence-electron chi connectivity index (χ2n) is 6.11. The number of anilines is 2. The van der Waals surface area contributed by atoms with E-state index in [4.69, 9.17) is 5.11 Å². The van der Waals surface area contributed by atoms with E-state index in [1.165, 1.54) is 29.8 Å². The third-order valence-electron chi connectivity index (χ3n) is 4.37. The van der Waals surface area contributed by atoms with Gasteiger partial charge in [0.15, 0.2) is 0 Å². The first-order valence-electron chi connectivity index (χ1n) is 8.03. The van der Waals surface area contributed by atoms with Crippen molar-refractivity contribution >= 4 is 17.4 Å². The number of benzene rings is 1. The lowest BCUT2D eigenvalue weighted by atomic mass is 10.0. The number of piperidine rings is 1. The zero-order valence-electron chi connectivity index (χ0n) is 13.8. The molecular formula is C17H27N3O2. The van der Waals surface area contributed by atoms with Crippen LogP contribution in [-0.2, 0) is 0 Å². The van der Waals surface area contributed by atoms with Gasteiger partial charge in [-0.3, -0.25) is 0 Å². The number of hydrogen-bond donors (Lipinski definition) is 2. The molecule has 1 aliphatic rings. The molecule has 0 bridgehead atoms. The molecule has 2 rings (SSSR count). The molecule has 2 amide bonds. The Morgan fingerprint density at radius 3 is 2.86 bits per heavy atom. The number of nitrogens with one attached hydrogen (secondary N) is 1. The minimum atomic E-state index is -0.198. The number of aryl methyl sites for hydroxylation is 1. The largest absolute Gasteiger partial charge is 0.395 e. The minimum Gasteiger partial charge on any atom is -0.395 e. The third kappa shape index (κ3) is 3.91. The highest BCUT2D eigenvalue weighted by molar-refractivity contribution is 5.90. The average molecular weight is 305 g/mol. The Morgan fingerprint density at radius 1 is 1.45 bits per heavy atom. The first-order chi connectivity index (χ1) is 10.5. The van der Waals surface area contributed by atoms with Crippen LogP contribution in [0.2, 0.25) is 0 Å². The van der Waals surface area contributed by atoms with Gasteiger partial charge in [0, 0.05) is 37.6 Å². The molecule has 5 nitrogen and oxygen atoms in total. The predicted octanol–water partition coefficient (Wildman–Crippen LogP) is 2.83. The number of carbonyl (C=O) groups excluding carboxylic acids is 1. The molecule has 0 aromatic heterocycles. The van der Waals surface area contributed by atoms with Gasteiger partial charge in [-0.25, -0.2) is 4.79 Å². The van der Waals surface area contributed by atoms with Gasteiger partial charge >= 0.3 is 6.03 Å². The minimum absolute atomic E-state index is 0.0330. The number of aliphatic hydroxyl groups is 1. The van der Waals surface area contributed by atoms with Crippen molar-refractivity contribution in [2.24, 2.45) is 0 Å². The molecular weight excluding hydrogens is 278 g/mol. The summed E-state index contributed by atoms with van der Waals surface area (Å²) >= 11 is 0. The lowest BCUT2D eigenvalue weighted by molar-refractivity contribution is 0.202. The molecule has 2 N–H and O–H groups in total. The van der Waals surface area contributed by atoms with Crippen LogP contribution < -0.4 is 10.2 Å². The van der Waals surface area contributed by atoms with Gasteiger partial charge in [-0.1, -0.05) is 0 Å². The van der Waals surface area contributed by atoms with Crippen LogP contribution in [0.15, 0.2) is 18.2 Å². The highest BCUT2D eigenvalue weighted by Crippen LogP contribution is 2.28. The van der Waals surface area contributed by atoms with Crippen LogP contribution in [-0.4, -0.2) is 48.8 Å². The maximum Gasteiger partial charge on any atom is 0.321 e. The van der Waals surface area contributed by atoms with E-state index in [-0.39, 0.29) is 12.6 Å². The molecule has 1 aromatic carbocycles. The first kappa shape index (κ1) is 16.6. The molecule has 1 saturated heterocycles. The van der Waals surface area contributed by atoms with Gasteiger partial charge in [-0.05, 0) is 56.9 Å². The molecule has 0 spiro atoms. The van der Waals surface area contributed by atoms with E-state index in [9.17, 15) is 4.79 Å². The lowest BCUT2D eigenvalue weighted by Crippen LogP contribution is -2.37. The van der Waals surface area contributed by atoms with Crippen molar-refractivity contribution in [3.05, 3.63) is 23.8 Å². The maximum absolute atomic E-state index is 12.0. The summed E-state index contributed by atoms with van der Waals surface area (Å²) in [5.41, 5.74) is 3.11. The maximum atomic E-state index is 12.0. The van der Waals surface area contributed by atoms with Crippen LogP contribution in [0.25, 0.3) is 0 Å². The summed E-state index contributed by atoms with van der Waals surface area (Å²) in [6.45, 7) is 5.68. The van der Waals surface area contributed by atoms with Crippen molar-refractivity contribution in [1.29, 1.82) is 0 Å². The van der Waals surface area contributed by atoms with Crippen molar-refractivity contribution in [3.8, 4) is 0 Å². The Labute approximate surface area is 132 Å². The Kier molecular flexibility index (Phi) is 5.66. The fraction of sp³-hybridized carbons (Fsp3) is 0.588. The number of amides is 2. The molecule has 1 aliphatic heterocycles. The Bertz CT molecular complexity index is 519. The van der Waals surface area contributed by atoms with E-state index < -0.39 is 0 Å². The monoisotopic (exact) mass is 305 g/mol. The van der Waals surface area contributed by atoms with E-state index in [0.717, 1.165) is 17.8 Å². The number of carbonyl (C=O) groups is 1. The van der Waals surface area contributed by atoms with E-state index >= 15 is 0 Å². The fourth-order valence-corrected chi connectivity index (χ4v) is 2.91. The quantitative estimate of drug-likeness (QED) is 0.899. The van der Waals surface area contributed by atoms with Crippen molar-refractivity contribution in [2.45, 2.75) is 39.2 Å². The molecule has 1 heterocycles. The van der Waals surface area contributed by atoms with Crippen molar-refractivity contribution in [1.82, 2.24) is 4.90 Å². The van der Waals surface area contributed by atoms with Crippen LogP contribution in [0.3, 0.4) is 0 Å². The number of rotatable bonds is 4. The SMILES string of the molecule is Cc1cc(N2CCCCC2C)ccc1NC(=O)N(C)CCO. The number of hydrogen-bond acceptors (Lipinski definition) is 3. The predicted molar refractivity (Wildman–Crippen MR) is 90.6 cm³/mol. The zero-order valence-corrected chi connectivity index (χ0v) is 13.8. The van der Waals surface area contributed by atoms with Crippen molar-refractivity contribution < 1.29 is 9.90 Å². The standard InChI is InChI=1S/C17H27N3O2/c1-13-12-15(20-9-5-4-6-14(20)2)7-8-16(13)18-17(22)19(3)10-11-21/h7-8,12,14,21H,4-6,9-11H2,1-3H3,(H,18,22). The van der Waals surface area contributed by atoms with Gasteiger partial charge in [-0.2, -0.15) is 0 Å². The average Bonchev–Trinajstić information content (AvgIpc) is 2.50. The van der Waals surface area contributed by atoms with E-state index in [0.29, 0.717) is 12.6 Å². The zero-order chi connectivity index (χ0) is 16.1. The molecule has 122 valence electrons. The summed E-state index contributed by atoms with van der Waals surface area (Å²) in [4.78, 5) is 15.9. The highest BCUT2D eigenvalue weighted by atomic mass is 16.3. The van der Waals surface area contributed by atoms with Gasteiger partial charge in [0.05, 0.1) is 6.61 Å². The number of aliphatic hydroxyl groups excluding tert-OH is 1. The Hall–Kier alpha value is -1.75. The molecule has 1 aromatic rings. The second-order valence-corrected chi connectivity index (χ2v) is 6.11. The summed E-state index contributed by atoms with van der Waals surface area (Å²) in [6, 6.07) is 6.57. The number of nitrogens with zero attached hydrogens (tertiary/aromatic N) is 2. The molecule has 1 unspecified atom stereocenters. The van der Waals surface area contributed by atoms with Crippen molar-refractivity contribution in [2.75, 3.05) is 37.0 Å².